The molecule has 0 saturated heterocycles. The molecule has 0 amide bonds. The zero-order chi connectivity index (χ0) is 27.7. The van der Waals surface area contributed by atoms with Crippen molar-refractivity contribution in [3.63, 3.8) is 0 Å². The van der Waals surface area contributed by atoms with Crippen LogP contribution < -0.4 is 0 Å². The van der Waals surface area contributed by atoms with Gasteiger partial charge in [0.25, 0.3) is 0 Å². The van der Waals surface area contributed by atoms with Gasteiger partial charge in [-0.15, -0.1) is 5.54 Å². The predicted molar refractivity (Wildman–Crippen MR) is 164 cm³/mol. The standard InChI is InChI=1S/C35H42O2Si/c1-8-32(29-18-12-9-13-19-29)33(24-25-38(26(2)3,27(4)5)28(6)7)37-35(36)34(30-20-14-10-15-21-30)31-22-16-11-17-23-31/h8-23,26-28,33-34H,1-7H3/b32-8+. The zero-order valence-corrected chi connectivity index (χ0v) is 24.9. The summed E-state index contributed by atoms with van der Waals surface area (Å²) in [5, 5.41) is 0. The van der Waals surface area contributed by atoms with Gasteiger partial charge >= 0.3 is 5.97 Å². The molecule has 0 radical (unpaired) electrons. The number of ether oxygens (including phenoxy) is 1. The Bertz CT molecular complexity index is 1190. The Kier molecular flexibility index (Phi) is 10.3. The van der Waals surface area contributed by atoms with Crippen molar-refractivity contribution in [3.8, 4) is 11.5 Å². The minimum absolute atomic E-state index is 0.289. The van der Waals surface area contributed by atoms with Crippen LogP contribution in [0.15, 0.2) is 97.1 Å². The van der Waals surface area contributed by atoms with Gasteiger partial charge in [0, 0.05) is 5.57 Å². The Morgan fingerprint density at radius 3 is 1.53 bits per heavy atom. The van der Waals surface area contributed by atoms with E-state index in [9.17, 15) is 4.79 Å². The van der Waals surface area contributed by atoms with Crippen molar-refractivity contribution >= 4 is 19.6 Å². The smallest absolute Gasteiger partial charge is 0.319 e. The van der Waals surface area contributed by atoms with Gasteiger partial charge in [0.15, 0.2) is 6.10 Å². The Hall–Kier alpha value is -3.35. The molecule has 3 heteroatoms. The third-order valence-electron chi connectivity index (χ3n) is 7.72. The van der Waals surface area contributed by atoms with Crippen LogP contribution >= 0.6 is 0 Å². The third kappa shape index (κ3) is 6.55. The average Bonchev–Trinajstić information content (AvgIpc) is 2.90. The molecule has 0 aromatic heterocycles. The second kappa shape index (κ2) is 13.4. The quantitative estimate of drug-likeness (QED) is 0.159. The number of hydrogen-bond acceptors (Lipinski definition) is 2. The van der Waals surface area contributed by atoms with E-state index in [0.29, 0.717) is 16.6 Å². The molecule has 0 N–H and O–H groups in total. The zero-order valence-electron chi connectivity index (χ0n) is 23.9. The molecule has 0 heterocycles. The van der Waals surface area contributed by atoms with Gasteiger partial charge in [0.05, 0.1) is 0 Å². The fraction of sp³-hybridized carbons (Fsp3) is 0.343. The van der Waals surface area contributed by atoms with Crippen LogP contribution in [0.3, 0.4) is 0 Å². The first-order valence-corrected chi connectivity index (χ1v) is 16.0. The van der Waals surface area contributed by atoms with Crippen LogP contribution in [0.4, 0.5) is 0 Å². The van der Waals surface area contributed by atoms with E-state index in [4.69, 9.17) is 4.74 Å². The Morgan fingerprint density at radius 2 is 1.13 bits per heavy atom. The van der Waals surface area contributed by atoms with Crippen LogP contribution in [-0.2, 0) is 9.53 Å². The summed E-state index contributed by atoms with van der Waals surface area (Å²) in [5.41, 5.74) is 9.02. The van der Waals surface area contributed by atoms with E-state index >= 15 is 0 Å². The number of carbonyl (C=O) groups is 1. The number of rotatable bonds is 9. The molecule has 0 aliphatic carbocycles. The molecular weight excluding hydrogens is 480 g/mol. The molecule has 3 rings (SSSR count). The van der Waals surface area contributed by atoms with E-state index in [2.05, 4.69) is 65.1 Å². The van der Waals surface area contributed by atoms with Crippen LogP contribution in [0.2, 0.25) is 16.6 Å². The molecule has 1 atom stereocenters. The molecule has 3 aromatic carbocycles. The summed E-state index contributed by atoms with van der Waals surface area (Å²) in [6, 6.07) is 29.9. The summed E-state index contributed by atoms with van der Waals surface area (Å²) < 4.78 is 6.40. The van der Waals surface area contributed by atoms with E-state index in [1.165, 1.54) is 0 Å². The fourth-order valence-corrected chi connectivity index (χ4v) is 11.1. The lowest BCUT2D eigenvalue weighted by molar-refractivity contribution is -0.145. The van der Waals surface area contributed by atoms with Gasteiger partial charge in [-0.1, -0.05) is 145 Å². The first-order chi connectivity index (χ1) is 18.2. The van der Waals surface area contributed by atoms with E-state index in [-0.39, 0.29) is 5.97 Å². The first kappa shape index (κ1) is 29.2. The van der Waals surface area contributed by atoms with Crippen molar-refractivity contribution in [1.29, 1.82) is 0 Å². The maximum absolute atomic E-state index is 14.0. The highest BCUT2D eigenvalue weighted by molar-refractivity contribution is 6.90. The molecule has 38 heavy (non-hydrogen) atoms. The van der Waals surface area contributed by atoms with Crippen LogP contribution in [0.25, 0.3) is 5.57 Å². The normalized spacial score (nSPS) is 13.0. The lowest BCUT2D eigenvalue weighted by Crippen LogP contribution is -2.43. The fourth-order valence-electron chi connectivity index (χ4n) is 5.83. The SMILES string of the molecule is C/C=C(\c1ccccc1)C(C#C[Si](C(C)C)(C(C)C)C(C)C)OC(=O)C(c1ccccc1)c1ccccc1. The minimum atomic E-state index is -2.04. The van der Waals surface area contributed by atoms with E-state index in [1.807, 2.05) is 91.9 Å². The number of esters is 1. The van der Waals surface area contributed by atoms with Crippen molar-refractivity contribution in [1.82, 2.24) is 0 Å². The lowest BCUT2D eigenvalue weighted by Gasteiger charge is -2.38. The molecule has 198 valence electrons. The Morgan fingerprint density at radius 1 is 0.711 bits per heavy atom. The maximum atomic E-state index is 14.0. The molecule has 0 aliphatic heterocycles. The molecule has 0 spiro atoms. The van der Waals surface area contributed by atoms with Gasteiger partial charge in [-0.3, -0.25) is 4.79 Å². The van der Waals surface area contributed by atoms with Gasteiger partial charge in [-0.25, -0.2) is 0 Å². The molecule has 0 saturated carbocycles. The van der Waals surface area contributed by atoms with Crippen LogP contribution in [-0.4, -0.2) is 20.1 Å². The van der Waals surface area contributed by atoms with E-state index in [1.54, 1.807) is 0 Å². The highest BCUT2D eigenvalue weighted by Gasteiger charge is 2.42. The van der Waals surface area contributed by atoms with Crippen molar-refractivity contribution in [2.45, 2.75) is 77.1 Å². The average molecular weight is 523 g/mol. The van der Waals surface area contributed by atoms with Crippen LogP contribution in [0.1, 0.15) is 71.1 Å². The first-order valence-electron chi connectivity index (χ1n) is 13.8. The van der Waals surface area contributed by atoms with Gasteiger partial charge in [-0.05, 0) is 40.2 Å². The largest absolute Gasteiger partial charge is 0.443 e. The Labute approximate surface area is 231 Å². The second-order valence-corrected chi connectivity index (χ2v) is 16.4. The summed E-state index contributed by atoms with van der Waals surface area (Å²) in [4.78, 5) is 14.0. The van der Waals surface area contributed by atoms with E-state index in [0.717, 1.165) is 22.3 Å². The predicted octanol–water partition coefficient (Wildman–Crippen LogP) is 9.06. The molecular formula is C35H42O2Si. The summed E-state index contributed by atoms with van der Waals surface area (Å²) in [6.07, 6.45) is 1.37. The van der Waals surface area contributed by atoms with Crippen molar-refractivity contribution in [2.24, 2.45) is 0 Å². The topological polar surface area (TPSA) is 26.3 Å². The van der Waals surface area contributed by atoms with Crippen molar-refractivity contribution < 1.29 is 9.53 Å². The van der Waals surface area contributed by atoms with Gasteiger partial charge in [0.1, 0.15) is 14.0 Å². The lowest BCUT2D eigenvalue weighted by atomic mass is 9.91. The van der Waals surface area contributed by atoms with Gasteiger partial charge < -0.3 is 4.74 Å². The number of carbonyl (C=O) groups excluding carboxylic acids is 1. The van der Waals surface area contributed by atoms with Crippen LogP contribution in [0.5, 0.6) is 0 Å². The molecule has 0 aliphatic rings. The summed E-state index contributed by atoms with van der Waals surface area (Å²) in [5.74, 6) is 2.72. The highest BCUT2D eigenvalue weighted by Crippen LogP contribution is 2.41. The number of benzene rings is 3. The summed E-state index contributed by atoms with van der Waals surface area (Å²) >= 11 is 0. The highest BCUT2D eigenvalue weighted by atomic mass is 28.3. The van der Waals surface area contributed by atoms with Crippen molar-refractivity contribution in [2.75, 3.05) is 0 Å². The summed E-state index contributed by atoms with van der Waals surface area (Å²) in [7, 11) is -2.04. The van der Waals surface area contributed by atoms with E-state index < -0.39 is 20.1 Å². The second-order valence-electron chi connectivity index (χ2n) is 10.8. The van der Waals surface area contributed by atoms with Crippen LogP contribution in [0, 0.1) is 11.5 Å². The summed E-state index contributed by atoms with van der Waals surface area (Å²) in [6.45, 7) is 15.8. The minimum Gasteiger partial charge on any atom is -0.443 e. The van der Waals surface area contributed by atoms with Crippen molar-refractivity contribution in [3.05, 3.63) is 114 Å². The number of hydrogen-bond donors (Lipinski definition) is 0. The van der Waals surface area contributed by atoms with Gasteiger partial charge in [-0.2, -0.15) is 0 Å². The number of allylic oxidation sites excluding steroid dienone is 1. The Balaban J connectivity index is 2.12. The maximum Gasteiger partial charge on any atom is 0.319 e. The van der Waals surface area contributed by atoms with Gasteiger partial charge in [0.2, 0.25) is 0 Å². The molecule has 0 bridgehead atoms. The third-order valence-corrected chi connectivity index (χ3v) is 14.0. The molecule has 1 unspecified atom stereocenters. The molecule has 0 fully saturated rings. The molecule has 3 aromatic rings. The molecule has 2 nitrogen and oxygen atoms in total. The monoisotopic (exact) mass is 522 g/mol.